The van der Waals surface area contributed by atoms with Crippen LogP contribution in [0.3, 0.4) is 0 Å². The van der Waals surface area contributed by atoms with Crippen molar-refractivity contribution in [1.82, 2.24) is 0 Å². The summed E-state index contributed by atoms with van der Waals surface area (Å²) >= 11 is 0. The van der Waals surface area contributed by atoms with Crippen molar-refractivity contribution in [2.24, 2.45) is 0 Å². The van der Waals surface area contributed by atoms with Crippen molar-refractivity contribution in [3.63, 3.8) is 0 Å². The highest BCUT2D eigenvalue weighted by atomic mass is 16.6. The van der Waals surface area contributed by atoms with E-state index in [0.717, 1.165) is 24.0 Å². The fourth-order valence-electron chi connectivity index (χ4n) is 4.31. The highest BCUT2D eigenvalue weighted by Gasteiger charge is 2.49. The molecule has 2 nitrogen and oxygen atoms in total. The molecule has 0 amide bonds. The highest BCUT2D eigenvalue weighted by Crippen LogP contribution is 2.46. The third-order valence-corrected chi connectivity index (χ3v) is 6.42. The first-order valence-electron chi connectivity index (χ1n) is 11.9. The molecular weight excluding hydrogens is 368 g/mol. The molecule has 2 aromatic rings. The Balaban J connectivity index is 2.44. The van der Waals surface area contributed by atoms with Crippen LogP contribution in [0.1, 0.15) is 89.5 Å². The summed E-state index contributed by atoms with van der Waals surface area (Å²) in [6, 6.07) is 17.9. The van der Waals surface area contributed by atoms with Crippen molar-refractivity contribution in [3.05, 3.63) is 70.8 Å². The molecule has 30 heavy (non-hydrogen) atoms. The second-order valence-electron chi connectivity index (χ2n) is 8.53. The Hall–Kier alpha value is -1.64. The molecule has 0 aromatic heterocycles. The standard InChI is InChI=1S/C28H42O2/c1-7-11-13-23-15-19-25(20-16-23)27(5,29-9-3)28(6,30-10-4)26-21-17-24(18-22-26)14-12-8-2/h15-22H,7-14H2,1-6H3. The highest BCUT2D eigenvalue weighted by molar-refractivity contribution is 5.36. The van der Waals surface area contributed by atoms with Crippen LogP contribution in [0.25, 0.3) is 0 Å². The van der Waals surface area contributed by atoms with E-state index in [1.807, 2.05) is 0 Å². The third-order valence-electron chi connectivity index (χ3n) is 6.42. The summed E-state index contributed by atoms with van der Waals surface area (Å²) in [4.78, 5) is 0. The maximum absolute atomic E-state index is 6.48. The zero-order valence-corrected chi connectivity index (χ0v) is 20.1. The second kappa shape index (κ2) is 11.7. The van der Waals surface area contributed by atoms with E-state index >= 15 is 0 Å². The average Bonchev–Trinajstić information content (AvgIpc) is 2.77. The van der Waals surface area contributed by atoms with Gasteiger partial charge in [-0.25, -0.2) is 0 Å². The summed E-state index contributed by atoms with van der Waals surface area (Å²) in [5.41, 5.74) is 3.92. The lowest BCUT2D eigenvalue weighted by molar-refractivity contribution is -0.203. The second-order valence-corrected chi connectivity index (χ2v) is 8.53. The predicted octanol–water partition coefficient (Wildman–Crippen LogP) is 7.58. The van der Waals surface area contributed by atoms with Gasteiger partial charge in [-0.2, -0.15) is 0 Å². The molecule has 2 aromatic carbocycles. The zero-order valence-electron chi connectivity index (χ0n) is 20.1. The Labute approximate surface area is 185 Å². The molecule has 0 aliphatic rings. The van der Waals surface area contributed by atoms with Gasteiger partial charge >= 0.3 is 0 Å². The summed E-state index contributed by atoms with van der Waals surface area (Å²) in [6.45, 7) is 14.2. The Kier molecular flexibility index (Phi) is 9.58. The van der Waals surface area contributed by atoms with Gasteiger partial charge in [0.05, 0.1) is 0 Å². The topological polar surface area (TPSA) is 18.5 Å². The van der Waals surface area contributed by atoms with Crippen LogP contribution in [-0.4, -0.2) is 13.2 Å². The summed E-state index contributed by atoms with van der Waals surface area (Å²) < 4.78 is 13.0. The molecule has 0 saturated carbocycles. The molecule has 2 heteroatoms. The van der Waals surface area contributed by atoms with Crippen LogP contribution in [0, 0.1) is 0 Å². The smallest absolute Gasteiger partial charge is 0.123 e. The fourth-order valence-corrected chi connectivity index (χ4v) is 4.31. The monoisotopic (exact) mass is 410 g/mol. The van der Waals surface area contributed by atoms with E-state index in [2.05, 4.69) is 90.1 Å². The van der Waals surface area contributed by atoms with Gasteiger partial charge in [-0.05, 0) is 75.6 Å². The first kappa shape index (κ1) is 24.6. The van der Waals surface area contributed by atoms with E-state index in [4.69, 9.17) is 9.47 Å². The van der Waals surface area contributed by atoms with Gasteiger partial charge in [0.15, 0.2) is 0 Å². The van der Waals surface area contributed by atoms with Gasteiger partial charge in [0, 0.05) is 13.2 Å². The number of aryl methyl sites for hydroxylation is 2. The Bertz CT molecular complexity index is 669. The number of hydrogen-bond acceptors (Lipinski definition) is 2. The number of rotatable bonds is 13. The fraction of sp³-hybridized carbons (Fsp3) is 0.571. The lowest BCUT2D eigenvalue weighted by atomic mass is 9.74. The van der Waals surface area contributed by atoms with Gasteiger partial charge in [-0.3, -0.25) is 0 Å². The van der Waals surface area contributed by atoms with Crippen LogP contribution in [0.2, 0.25) is 0 Å². The van der Waals surface area contributed by atoms with Gasteiger partial charge in [-0.1, -0.05) is 75.2 Å². The Morgan fingerprint density at radius 1 is 0.567 bits per heavy atom. The summed E-state index contributed by atoms with van der Waals surface area (Å²) in [6.07, 6.45) is 7.14. The van der Waals surface area contributed by atoms with Crippen LogP contribution < -0.4 is 0 Å². The van der Waals surface area contributed by atoms with Crippen molar-refractivity contribution in [1.29, 1.82) is 0 Å². The van der Waals surface area contributed by atoms with Crippen LogP contribution in [-0.2, 0) is 33.5 Å². The first-order valence-corrected chi connectivity index (χ1v) is 11.9. The summed E-state index contributed by atoms with van der Waals surface area (Å²) in [5, 5.41) is 0. The molecule has 0 N–H and O–H groups in total. The maximum atomic E-state index is 6.48. The number of hydrogen-bond donors (Lipinski definition) is 0. The van der Waals surface area contributed by atoms with E-state index in [1.54, 1.807) is 0 Å². The lowest BCUT2D eigenvalue weighted by Crippen LogP contribution is -2.49. The van der Waals surface area contributed by atoms with Crippen LogP contribution in [0.4, 0.5) is 0 Å². The third kappa shape index (κ3) is 5.53. The zero-order chi connectivity index (χ0) is 22.0. The van der Waals surface area contributed by atoms with E-state index < -0.39 is 11.2 Å². The van der Waals surface area contributed by atoms with Gasteiger partial charge in [0.2, 0.25) is 0 Å². The van der Waals surface area contributed by atoms with Crippen molar-refractivity contribution in [2.45, 2.75) is 91.3 Å². The van der Waals surface area contributed by atoms with E-state index in [0.29, 0.717) is 13.2 Å². The van der Waals surface area contributed by atoms with Crippen molar-refractivity contribution >= 4 is 0 Å². The molecule has 0 aliphatic carbocycles. The van der Waals surface area contributed by atoms with Crippen LogP contribution >= 0.6 is 0 Å². The molecule has 0 heterocycles. The minimum Gasteiger partial charge on any atom is -0.367 e. The van der Waals surface area contributed by atoms with E-state index in [-0.39, 0.29) is 0 Å². The molecule has 0 radical (unpaired) electrons. The van der Waals surface area contributed by atoms with Crippen LogP contribution in [0.15, 0.2) is 48.5 Å². The molecule has 0 spiro atoms. The summed E-state index contributed by atoms with van der Waals surface area (Å²) in [5.74, 6) is 0. The Morgan fingerprint density at radius 2 is 0.900 bits per heavy atom. The van der Waals surface area contributed by atoms with Gasteiger partial charge in [0.25, 0.3) is 0 Å². The van der Waals surface area contributed by atoms with E-state index in [9.17, 15) is 0 Å². The van der Waals surface area contributed by atoms with Crippen LogP contribution in [0.5, 0.6) is 0 Å². The molecule has 166 valence electrons. The molecule has 2 unspecified atom stereocenters. The SMILES string of the molecule is CCCCc1ccc(C(C)(OCC)C(C)(OCC)c2ccc(CCCC)cc2)cc1. The van der Waals surface area contributed by atoms with E-state index in [1.165, 1.54) is 36.8 Å². The normalized spacial score (nSPS) is 15.5. The lowest BCUT2D eigenvalue weighted by Gasteiger charge is -2.46. The van der Waals surface area contributed by atoms with Gasteiger partial charge in [-0.15, -0.1) is 0 Å². The molecule has 0 bridgehead atoms. The minimum atomic E-state index is -0.591. The van der Waals surface area contributed by atoms with Crippen molar-refractivity contribution in [3.8, 4) is 0 Å². The van der Waals surface area contributed by atoms with Gasteiger partial charge in [0.1, 0.15) is 11.2 Å². The van der Waals surface area contributed by atoms with Crippen molar-refractivity contribution in [2.75, 3.05) is 13.2 Å². The van der Waals surface area contributed by atoms with Gasteiger partial charge < -0.3 is 9.47 Å². The average molecular weight is 411 g/mol. The molecule has 0 saturated heterocycles. The maximum Gasteiger partial charge on any atom is 0.123 e. The summed E-state index contributed by atoms with van der Waals surface area (Å²) in [7, 11) is 0. The molecular formula is C28H42O2. The molecule has 2 rings (SSSR count). The number of ether oxygens (including phenoxy) is 2. The largest absolute Gasteiger partial charge is 0.367 e. The molecule has 2 atom stereocenters. The quantitative estimate of drug-likeness (QED) is 0.339. The predicted molar refractivity (Wildman–Crippen MR) is 128 cm³/mol. The van der Waals surface area contributed by atoms with Crippen molar-refractivity contribution < 1.29 is 9.47 Å². The Morgan fingerprint density at radius 3 is 1.17 bits per heavy atom. The first-order chi connectivity index (χ1) is 14.4. The molecule has 0 aliphatic heterocycles. The number of benzene rings is 2. The minimum absolute atomic E-state index is 0.591. The molecule has 0 fully saturated rings. The number of unbranched alkanes of at least 4 members (excludes halogenated alkanes) is 2.